The molecule has 2 fully saturated rings. The van der Waals surface area contributed by atoms with Gasteiger partial charge in [-0.2, -0.15) is 0 Å². The van der Waals surface area contributed by atoms with Gasteiger partial charge in [-0.05, 0) is 51.9 Å². The van der Waals surface area contributed by atoms with E-state index in [0.29, 0.717) is 0 Å². The summed E-state index contributed by atoms with van der Waals surface area (Å²) in [5, 5.41) is 18.0. The monoisotopic (exact) mass is 378 g/mol. The number of hydrogen-bond donors (Lipinski definition) is 2. The average molecular weight is 379 g/mol. The fourth-order valence-corrected chi connectivity index (χ4v) is 2.38. The van der Waals surface area contributed by atoms with Gasteiger partial charge in [-0.3, -0.25) is 0 Å². The molecular weight excluding hydrogens is 351 g/mol. The Hall–Kier alpha value is -0.866. The molecule has 0 spiro atoms. The third kappa shape index (κ3) is 21.1. The van der Waals surface area contributed by atoms with Crippen LogP contribution in [-0.2, 0) is 16.5 Å². The Morgan fingerprint density at radius 3 is 1.13 bits per heavy atom. The van der Waals surface area contributed by atoms with E-state index in [2.05, 4.69) is 9.80 Å². The minimum Gasteiger partial charge on any atom is -0.444 e. The molecule has 10 nitrogen and oxygen atoms in total. The zero-order valence-corrected chi connectivity index (χ0v) is 14.4. The van der Waals surface area contributed by atoms with Crippen LogP contribution in [0.15, 0.2) is 10.7 Å². The van der Waals surface area contributed by atoms with E-state index in [1.165, 1.54) is 51.9 Å². The summed E-state index contributed by atoms with van der Waals surface area (Å²) in [6, 6.07) is 0. The standard InChI is InChI=1S/2C6H14N2.2HNO2.Ni/c2*7-3-6-8-4-1-2-5-8;2*2-1-3;/h2*1-7H2;2*(H,2,3);/q;;;;+2/p-2. The summed E-state index contributed by atoms with van der Waals surface area (Å²) < 4.78 is 0. The minimum absolute atomic E-state index is 0. The summed E-state index contributed by atoms with van der Waals surface area (Å²) in [5.74, 6) is 0. The predicted molar refractivity (Wildman–Crippen MR) is 87.8 cm³/mol. The molecule has 0 amide bonds. The molecule has 4 N–H and O–H groups in total. The smallest absolute Gasteiger partial charge is 0.444 e. The number of likely N-dealkylation sites (tertiary alicyclic amines) is 2. The summed E-state index contributed by atoms with van der Waals surface area (Å²) in [4.78, 5) is 20.8. The molecule has 0 aromatic rings. The Labute approximate surface area is 147 Å². The second-order valence-corrected chi connectivity index (χ2v) is 4.82. The molecule has 0 radical (unpaired) electrons. The maximum absolute atomic E-state index is 8.00. The summed E-state index contributed by atoms with van der Waals surface area (Å²) in [7, 11) is 0. The fourth-order valence-electron chi connectivity index (χ4n) is 2.38. The molecule has 23 heavy (non-hydrogen) atoms. The van der Waals surface area contributed by atoms with Crippen LogP contribution in [0.3, 0.4) is 0 Å². The van der Waals surface area contributed by atoms with Gasteiger partial charge in [-0.25, -0.2) is 0 Å². The van der Waals surface area contributed by atoms with Gasteiger partial charge in [0.15, 0.2) is 0 Å². The first-order chi connectivity index (χ1) is 10.7. The van der Waals surface area contributed by atoms with Gasteiger partial charge in [-0.15, -0.1) is 10.7 Å². The summed E-state index contributed by atoms with van der Waals surface area (Å²) in [6.07, 6.45) is 5.50. The van der Waals surface area contributed by atoms with Crippen molar-refractivity contribution in [2.75, 3.05) is 52.4 Å². The van der Waals surface area contributed by atoms with Gasteiger partial charge >= 0.3 is 16.5 Å². The summed E-state index contributed by atoms with van der Waals surface area (Å²) >= 11 is 0. The first-order valence-corrected chi connectivity index (χ1v) is 7.44. The minimum atomic E-state index is 0. The maximum Gasteiger partial charge on any atom is 2.00 e. The van der Waals surface area contributed by atoms with E-state index in [1.54, 1.807) is 0 Å². The third-order valence-corrected chi connectivity index (χ3v) is 3.29. The van der Waals surface area contributed by atoms with Crippen LogP contribution in [0.5, 0.6) is 0 Å². The summed E-state index contributed by atoms with van der Waals surface area (Å²) in [5.41, 5.74) is 10.7. The Morgan fingerprint density at radius 1 is 0.739 bits per heavy atom. The molecule has 2 heterocycles. The van der Waals surface area contributed by atoms with Crippen LogP contribution in [0.4, 0.5) is 0 Å². The van der Waals surface area contributed by atoms with Crippen LogP contribution in [0.25, 0.3) is 0 Å². The van der Waals surface area contributed by atoms with E-state index in [9.17, 15) is 0 Å². The molecule has 0 unspecified atom stereocenters. The Balaban J connectivity index is -0.000000253. The first kappa shape index (κ1) is 27.0. The second-order valence-electron chi connectivity index (χ2n) is 4.82. The van der Waals surface area contributed by atoms with Crippen molar-refractivity contribution in [2.24, 2.45) is 22.1 Å². The third-order valence-electron chi connectivity index (χ3n) is 3.29. The van der Waals surface area contributed by atoms with Gasteiger partial charge in [0, 0.05) is 26.2 Å². The second kappa shape index (κ2) is 23.4. The van der Waals surface area contributed by atoms with Crippen LogP contribution < -0.4 is 11.5 Å². The van der Waals surface area contributed by atoms with Crippen molar-refractivity contribution in [3.05, 3.63) is 20.2 Å². The van der Waals surface area contributed by atoms with Crippen molar-refractivity contribution in [2.45, 2.75) is 25.7 Å². The number of hydrogen-bond acceptors (Lipinski definition) is 10. The van der Waals surface area contributed by atoms with E-state index >= 15 is 0 Å². The topological polar surface area (TPSA) is 164 Å². The predicted octanol–water partition coefficient (Wildman–Crippen LogP) is 0.581. The molecule has 0 saturated carbocycles. The molecule has 0 aromatic carbocycles. The van der Waals surface area contributed by atoms with Crippen LogP contribution in [0.1, 0.15) is 25.7 Å². The van der Waals surface area contributed by atoms with Gasteiger partial charge in [0.1, 0.15) is 0 Å². The van der Waals surface area contributed by atoms with Gasteiger partial charge < -0.3 is 41.5 Å². The Bertz CT molecular complexity index is 218. The molecule has 140 valence electrons. The Morgan fingerprint density at radius 2 is 0.957 bits per heavy atom. The molecule has 2 saturated heterocycles. The van der Waals surface area contributed by atoms with Crippen molar-refractivity contribution in [3.8, 4) is 0 Å². The quantitative estimate of drug-likeness (QED) is 0.407. The molecule has 2 aliphatic rings. The molecule has 0 atom stereocenters. The molecule has 0 aromatic heterocycles. The number of rotatable bonds is 4. The number of nitrogens with zero attached hydrogens (tertiary/aromatic N) is 4. The van der Waals surface area contributed by atoms with Crippen LogP contribution >= 0.6 is 0 Å². The molecule has 11 heteroatoms. The maximum atomic E-state index is 8.00. The number of nitrogens with two attached hydrogens (primary N) is 2. The van der Waals surface area contributed by atoms with Gasteiger partial charge in [0.25, 0.3) is 0 Å². The van der Waals surface area contributed by atoms with Crippen LogP contribution in [0, 0.1) is 20.2 Å². The first-order valence-electron chi connectivity index (χ1n) is 7.44. The van der Waals surface area contributed by atoms with E-state index in [4.69, 9.17) is 31.7 Å². The van der Waals surface area contributed by atoms with Crippen LogP contribution in [0.2, 0.25) is 0 Å². The largest absolute Gasteiger partial charge is 2.00 e. The summed E-state index contributed by atoms with van der Waals surface area (Å²) in [6.45, 7) is 8.93. The van der Waals surface area contributed by atoms with E-state index in [1.807, 2.05) is 0 Å². The normalized spacial score (nSPS) is 16.4. The fraction of sp³-hybridized carbons (Fsp3) is 1.00. The van der Waals surface area contributed by atoms with Crippen molar-refractivity contribution in [1.29, 1.82) is 0 Å². The Kier molecular flexibility index (Phi) is 27.5. The van der Waals surface area contributed by atoms with Crippen molar-refractivity contribution in [1.82, 2.24) is 9.80 Å². The zero-order chi connectivity index (χ0) is 17.1. The molecular formula is C12H28N6NiO4. The molecule has 2 aliphatic heterocycles. The van der Waals surface area contributed by atoms with E-state index in [0.717, 1.165) is 36.9 Å². The van der Waals surface area contributed by atoms with Gasteiger partial charge in [0.2, 0.25) is 0 Å². The molecule has 0 aliphatic carbocycles. The van der Waals surface area contributed by atoms with Gasteiger partial charge in [0.05, 0.1) is 0 Å². The van der Waals surface area contributed by atoms with Crippen molar-refractivity contribution < 1.29 is 16.5 Å². The van der Waals surface area contributed by atoms with Crippen molar-refractivity contribution >= 4 is 0 Å². The molecule has 2 rings (SSSR count). The van der Waals surface area contributed by atoms with Gasteiger partial charge in [-0.1, -0.05) is 0 Å². The van der Waals surface area contributed by atoms with Crippen LogP contribution in [-0.4, -0.2) is 62.2 Å². The van der Waals surface area contributed by atoms with Crippen molar-refractivity contribution in [3.63, 3.8) is 0 Å². The van der Waals surface area contributed by atoms with E-state index in [-0.39, 0.29) is 16.5 Å². The average Bonchev–Trinajstić information content (AvgIpc) is 3.16. The molecule has 0 bridgehead atoms. The zero-order valence-electron chi connectivity index (χ0n) is 13.4. The van der Waals surface area contributed by atoms with E-state index < -0.39 is 0 Å². The SMILES string of the molecule is NCCN1CCCC1.NCCN1CCCC1.O=N[O-].O=N[O-].[Ni+2].